The summed E-state index contributed by atoms with van der Waals surface area (Å²) in [7, 11) is 0. The zero-order valence-corrected chi connectivity index (χ0v) is 12.9. The second kappa shape index (κ2) is 7.25. The number of piperidine rings is 1. The van der Waals surface area contributed by atoms with Crippen LogP contribution in [0.5, 0.6) is 0 Å². The van der Waals surface area contributed by atoms with Crippen molar-refractivity contribution in [2.24, 2.45) is 11.3 Å². The number of amides is 1. The fourth-order valence-electron chi connectivity index (χ4n) is 2.88. The largest absolute Gasteiger partial charge is 0.395 e. The van der Waals surface area contributed by atoms with Crippen molar-refractivity contribution >= 4 is 5.91 Å². The lowest BCUT2D eigenvalue weighted by Crippen LogP contribution is -2.54. The van der Waals surface area contributed by atoms with Crippen molar-refractivity contribution in [3.8, 4) is 0 Å². The summed E-state index contributed by atoms with van der Waals surface area (Å²) >= 11 is 0. The van der Waals surface area contributed by atoms with Crippen LogP contribution < -0.4 is 5.32 Å². The van der Waals surface area contributed by atoms with Crippen LogP contribution in [-0.2, 0) is 4.79 Å². The average Bonchev–Trinajstić information content (AvgIpc) is 2.34. The number of hydrogen-bond donors (Lipinski definition) is 2. The lowest BCUT2D eigenvalue weighted by Gasteiger charge is -2.40. The third-order valence-corrected chi connectivity index (χ3v) is 3.71. The van der Waals surface area contributed by atoms with Crippen LogP contribution in [0, 0.1) is 11.3 Å². The first kappa shape index (κ1) is 16.4. The molecule has 0 bridgehead atoms. The van der Waals surface area contributed by atoms with Crippen LogP contribution in [-0.4, -0.2) is 48.2 Å². The fourth-order valence-corrected chi connectivity index (χ4v) is 2.88. The van der Waals surface area contributed by atoms with Crippen molar-refractivity contribution in [1.29, 1.82) is 0 Å². The lowest BCUT2D eigenvalue weighted by atomic mass is 9.87. The molecule has 1 amide bonds. The summed E-state index contributed by atoms with van der Waals surface area (Å²) in [6.07, 6.45) is 3.45. The maximum atomic E-state index is 12.4. The Morgan fingerprint density at radius 2 is 2.05 bits per heavy atom. The predicted molar refractivity (Wildman–Crippen MR) is 77.9 cm³/mol. The van der Waals surface area contributed by atoms with E-state index in [9.17, 15) is 4.79 Å². The van der Waals surface area contributed by atoms with E-state index < -0.39 is 0 Å². The Morgan fingerprint density at radius 3 is 2.58 bits per heavy atom. The van der Waals surface area contributed by atoms with Gasteiger partial charge in [-0.3, -0.25) is 4.79 Å². The van der Waals surface area contributed by atoms with Crippen LogP contribution >= 0.6 is 0 Å². The molecule has 0 radical (unpaired) electrons. The van der Waals surface area contributed by atoms with Crippen LogP contribution in [0.1, 0.15) is 47.0 Å². The molecule has 0 saturated carbocycles. The van der Waals surface area contributed by atoms with Gasteiger partial charge in [0.15, 0.2) is 0 Å². The molecule has 112 valence electrons. The predicted octanol–water partition coefficient (Wildman–Crippen LogP) is 1.63. The van der Waals surface area contributed by atoms with Crippen molar-refractivity contribution in [3.05, 3.63) is 0 Å². The number of carbonyl (C=O) groups is 1. The second-order valence-electron chi connectivity index (χ2n) is 6.73. The molecular formula is C15H30N2O2. The molecule has 1 saturated heterocycles. The molecule has 1 aliphatic rings. The van der Waals surface area contributed by atoms with Gasteiger partial charge in [0.05, 0.1) is 6.61 Å². The third-order valence-electron chi connectivity index (χ3n) is 3.71. The van der Waals surface area contributed by atoms with Crippen molar-refractivity contribution in [2.75, 3.05) is 26.2 Å². The minimum Gasteiger partial charge on any atom is -0.395 e. The molecule has 4 nitrogen and oxygen atoms in total. The monoisotopic (exact) mass is 270 g/mol. The molecular weight excluding hydrogens is 240 g/mol. The highest BCUT2D eigenvalue weighted by molar-refractivity contribution is 5.81. The van der Waals surface area contributed by atoms with E-state index in [-0.39, 0.29) is 17.9 Å². The quantitative estimate of drug-likeness (QED) is 0.798. The van der Waals surface area contributed by atoms with Gasteiger partial charge in [-0.05, 0) is 18.8 Å². The van der Waals surface area contributed by atoms with Gasteiger partial charge in [-0.2, -0.15) is 0 Å². The van der Waals surface area contributed by atoms with Crippen molar-refractivity contribution < 1.29 is 9.90 Å². The van der Waals surface area contributed by atoms with E-state index >= 15 is 0 Å². The summed E-state index contributed by atoms with van der Waals surface area (Å²) in [6, 6.07) is 0.323. The normalized spacial score (nSPS) is 24.6. The van der Waals surface area contributed by atoms with Gasteiger partial charge in [-0.25, -0.2) is 0 Å². The molecule has 1 aliphatic heterocycles. The number of carbonyl (C=O) groups excluding carboxylic acids is 1. The number of aliphatic hydroxyl groups is 1. The number of nitrogens with one attached hydrogen (secondary N) is 1. The van der Waals surface area contributed by atoms with Gasteiger partial charge in [-0.1, -0.05) is 34.1 Å². The van der Waals surface area contributed by atoms with Gasteiger partial charge in [0.25, 0.3) is 0 Å². The molecule has 1 heterocycles. The topological polar surface area (TPSA) is 52.6 Å². The maximum Gasteiger partial charge on any atom is 0.228 e. The molecule has 4 heteroatoms. The highest BCUT2D eigenvalue weighted by Crippen LogP contribution is 2.26. The molecule has 2 atom stereocenters. The number of hydrogen-bond acceptors (Lipinski definition) is 3. The molecule has 19 heavy (non-hydrogen) atoms. The molecule has 1 rings (SSSR count). The highest BCUT2D eigenvalue weighted by atomic mass is 16.3. The Kier molecular flexibility index (Phi) is 6.27. The van der Waals surface area contributed by atoms with Gasteiger partial charge in [0.2, 0.25) is 5.91 Å². The Bertz CT molecular complexity index is 286. The first-order chi connectivity index (χ1) is 8.88. The van der Waals surface area contributed by atoms with Crippen LogP contribution in [0.4, 0.5) is 0 Å². The first-order valence-electron chi connectivity index (χ1n) is 7.52. The summed E-state index contributed by atoms with van der Waals surface area (Å²) < 4.78 is 0. The Hall–Kier alpha value is -0.610. The van der Waals surface area contributed by atoms with Gasteiger partial charge in [-0.15, -0.1) is 0 Å². The third kappa shape index (κ3) is 5.11. The van der Waals surface area contributed by atoms with E-state index in [0.29, 0.717) is 18.5 Å². The molecule has 2 unspecified atom stereocenters. The van der Waals surface area contributed by atoms with Crippen molar-refractivity contribution in [1.82, 2.24) is 10.2 Å². The Balaban J connectivity index is 2.66. The van der Waals surface area contributed by atoms with E-state index in [2.05, 4.69) is 12.2 Å². The smallest absolute Gasteiger partial charge is 0.228 e. The second-order valence-corrected chi connectivity index (χ2v) is 6.73. The van der Waals surface area contributed by atoms with Crippen molar-refractivity contribution in [3.63, 3.8) is 0 Å². The Labute approximate surface area is 117 Å². The SMILES string of the molecule is CCCC1CC(NCCO)CN(C(=O)C(C)(C)C)C1. The average molecular weight is 270 g/mol. The van der Waals surface area contributed by atoms with Crippen LogP contribution in [0.25, 0.3) is 0 Å². The van der Waals surface area contributed by atoms with Crippen LogP contribution in [0.3, 0.4) is 0 Å². The molecule has 0 aromatic carbocycles. The van der Waals surface area contributed by atoms with Gasteiger partial charge in [0, 0.05) is 31.1 Å². The van der Waals surface area contributed by atoms with Gasteiger partial charge in [0.1, 0.15) is 0 Å². The summed E-state index contributed by atoms with van der Waals surface area (Å²) in [4.78, 5) is 14.5. The van der Waals surface area contributed by atoms with Gasteiger partial charge < -0.3 is 15.3 Å². The van der Waals surface area contributed by atoms with Crippen LogP contribution in [0.15, 0.2) is 0 Å². The fraction of sp³-hybridized carbons (Fsp3) is 0.933. The molecule has 0 aromatic heterocycles. The molecule has 0 aromatic rings. The maximum absolute atomic E-state index is 12.4. The molecule has 0 spiro atoms. The van der Waals surface area contributed by atoms with Gasteiger partial charge >= 0.3 is 0 Å². The van der Waals surface area contributed by atoms with Crippen LogP contribution in [0.2, 0.25) is 0 Å². The summed E-state index contributed by atoms with van der Waals surface area (Å²) in [5.41, 5.74) is -0.310. The summed E-state index contributed by atoms with van der Waals surface area (Å²) in [5, 5.41) is 12.3. The van der Waals surface area contributed by atoms with Crippen molar-refractivity contribution in [2.45, 2.75) is 53.0 Å². The minimum atomic E-state index is -0.310. The molecule has 2 N–H and O–H groups in total. The first-order valence-corrected chi connectivity index (χ1v) is 7.52. The number of rotatable bonds is 5. The minimum absolute atomic E-state index is 0.155. The Morgan fingerprint density at radius 1 is 1.37 bits per heavy atom. The van der Waals surface area contributed by atoms with E-state index in [4.69, 9.17) is 5.11 Å². The summed E-state index contributed by atoms with van der Waals surface area (Å²) in [5.74, 6) is 0.824. The number of likely N-dealkylation sites (tertiary alicyclic amines) is 1. The van der Waals surface area contributed by atoms with E-state index in [1.54, 1.807) is 0 Å². The van der Waals surface area contributed by atoms with E-state index in [0.717, 1.165) is 25.9 Å². The lowest BCUT2D eigenvalue weighted by molar-refractivity contribution is -0.142. The number of aliphatic hydroxyl groups excluding tert-OH is 1. The zero-order valence-electron chi connectivity index (χ0n) is 12.9. The highest BCUT2D eigenvalue weighted by Gasteiger charge is 2.34. The molecule has 1 fully saturated rings. The zero-order chi connectivity index (χ0) is 14.5. The van der Waals surface area contributed by atoms with E-state index in [1.807, 2.05) is 25.7 Å². The molecule has 0 aliphatic carbocycles. The number of nitrogens with zero attached hydrogens (tertiary/aromatic N) is 1. The summed E-state index contributed by atoms with van der Waals surface area (Å²) in [6.45, 7) is 10.6. The van der Waals surface area contributed by atoms with E-state index in [1.165, 1.54) is 6.42 Å². The standard InChI is InChI=1S/C15H30N2O2/c1-5-6-12-9-13(16-7-8-18)11-17(10-12)14(19)15(2,3)4/h12-13,16,18H,5-11H2,1-4H3.